The number of aliphatic hydroxyl groups excluding tert-OH is 1. The molecular weight excluding hydrogens is 704 g/mol. The van der Waals surface area contributed by atoms with Crippen LogP contribution in [0.25, 0.3) is 0 Å². The maximum absolute atomic E-state index is 16.5. The number of anilines is 2. The number of nitro benzene ring substituents is 1. The molecule has 278 valence electrons. The van der Waals surface area contributed by atoms with Gasteiger partial charge in [0.05, 0.1) is 48.7 Å². The standard InChI is InChI=1S/C38H41FN4O9Si/c1-22-36(53(3,4)39)32(17-33(46)40-20-26-8-6-5-7-25(26)15-29(40)21-44)52-38(22)30-16-28(43(49)50)13-14-31(30)41(37(38)48)19-24-9-11-27(12-10-24)42-34(47)18-35(42)51-23(2)45/h5-14,16,22,29,32,35-36,44H,15,17-21H2,1-4H3/t22-,29+,32+,35?,36-,38+/m1/s1. The highest BCUT2D eigenvalue weighted by molar-refractivity contribution is 6.72. The minimum Gasteiger partial charge on any atom is -0.441 e. The van der Waals surface area contributed by atoms with Crippen LogP contribution in [0.2, 0.25) is 18.6 Å². The SMILES string of the molecule is CC(=O)OC1CC(=O)N1c1ccc(CN2C(=O)[C@@]3(O[C@@H](CC(=O)N4Cc5ccccc5C[C@H]4CO)[C@H]([Si](C)(C)F)[C@H]3C)c3cc([N+](=O)[O-])ccc32)cc1. The van der Waals surface area contributed by atoms with E-state index in [4.69, 9.17) is 9.47 Å². The molecule has 1 unspecified atom stereocenters. The van der Waals surface area contributed by atoms with Crippen LogP contribution < -0.4 is 9.80 Å². The second-order valence-corrected chi connectivity index (χ2v) is 18.6. The van der Waals surface area contributed by atoms with Crippen LogP contribution in [0.15, 0.2) is 66.7 Å². The molecule has 53 heavy (non-hydrogen) atoms. The van der Waals surface area contributed by atoms with Crippen molar-refractivity contribution in [1.82, 2.24) is 4.90 Å². The number of halogens is 1. The van der Waals surface area contributed by atoms with Crippen molar-refractivity contribution in [3.8, 4) is 0 Å². The summed E-state index contributed by atoms with van der Waals surface area (Å²) >= 11 is 0. The van der Waals surface area contributed by atoms with Crippen molar-refractivity contribution < 1.29 is 42.8 Å². The molecule has 7 rings (SSSR count). The van der Waals surface area contributed by atoms with E-state index in [1.165, 1.54) is 48.0 Å². The number of non-ortho nitro benzene ring substituents is 1. The topological polar surface area (TPSA) is 160 Å². The highest BCUT2D eigenvalue weighted by Gasteiger charge is 2.67. The van der Waals surface area contributed by atoms with Gasteiger partial charge in [-0.15, -0.1) is 0 Å². The van der Waals surface area contributed by atoms with E-state index in [0.29, 0.717) is 23.4 Å². The molecule has 1 spiro atoms. The maximum atomic E-state index is 16.5. The molecule has 4 aliphatic rings. The number of ether oxygens (including phenoxy) is 2. The summed E-state index contributed by atoms with van der Waals surface area (Å²) in [5, 5.41) is 22.2. The zero-order valence-electron chi connectivity index (χ0n) is 29.9. The van der Waals surface area contributed by atoms with Gasteiger partial charge in [-0.25, -0.2) is 0 Å². The van der Waals surface area contributed by atoms with E-state index in [2.05, 4.69) is 0 Å². The number of nitrogens with zero attached hydrogens (tertiary/aromatic N) is 4. The van der Waals surface area contributed by atoms with Gasteiger partial charge in [-0.3, -0.25) is 34.2 Å². The predicted octanol–water partition coefficient (Wildman–Crippen LogP) is 4.88. The number of amides is 3. The van der Waals surface area contributed by atoms with Crippen LogP contribution in [0.1, 0.15) is 48.9 Å². The summed E-state index contributed by atoms with van der Waals surface area (Å²) in [5.41, 5.74) is 0.896. The molecule has 2 fully saturated rings. The zero-order chi connectivity index (χ0) is 38.0. The van der Waals surface area contributed by atoms with E-state index in [1.807, 2.05) is 24.3 Å². The number of esters is 1. The summed E-state index contributed by atoms with van der Waals surface area (Å²) in [4.78, 5) is 68.6. The fourth-order valence-corrected chi connectivity index (χ4v) is 11.3. The molecule has 0 radical (unpaired) electrons. The van der Waals surface area contributed by atoms with Crippen molar-refractivity contribution in [3.63, 3.8) is 0 Å². The van der Waals surface area contributed by atoms with Gasteiger partial charge in [-0.1, -0.05) is 43.3 Å². The fraction of sp³-hybridized carbons (Fsp3) is 0.421. The summed E-state index contributed by atoms with van der Waals surface area (Å²) in [6.45, 7) is 6.06. The molecule has 1 N–H and O–H groups in total. The Bertz CT molecular complexity index is 2010. The van der Waals surface area contributed by atoms with E-state index in [-0.39, 0.29) is 55.6 Å². The van der Waals surface area contributed by atoms with Crippen LogP contribution in [0.3, 0.4) is 0 Å². The van der Waals surface area contributed by atoms with Gasteiger partial charge in [0.2, 0.25) is 20.2 Å². The van der Waals surface area contributed by atoms with Crippen molar-refractivity contribution in [1.29, 1.82) is 0 Å². The number of rotatable bonds is 9. The first-order valence-electron chi connectivity index (χ1n) is 17.7. The van der Waals surface area contributed by atoms with Crippen LogP contribution in [-0.2, 0) is 53.8 Å². The Labute approximate surface area is 306 Å². The molecular formula is C38H41FN4O9Si. The van der Waals surface area contributed by atoms with Gasteiger partial charge in [0.15, 0.2) is 11.8 Å². The lowest BCUT2D eigenvalue weighted by molar-refractivity contribution is -0.385. The van der Waals surface area contributed by atoms with Gasteiger partial charge in [-0.2, -0.15) is 0 Å². The van der Waals surface area contributed by atoms with E-state index in [9.17, 15) is 34.4 Å². The molecule has 0 saturated carbocycles. The van der Waals surface area contributed by atoms with Gasteiger partial charge in [0.1, 0.15) is 0 Å². The summed E-state index contributed by atoms with van der Waals surface area (Å²) in [6.07, 6.45) is -1.42. The van der Waals surface area contributed by atoms with E-state index in [1.54, 1.807) is 36.1 Å². The van der Waals surface area contributed by atoms with Gasteiger partial charge in [0, 0.05) is 48.3 Å². The quantitative estimate of drug-likeness (QED) is 0.0805. The number of β-lactam (4-membered cyclic amide) rings is 1. The molecule has 3 aromatic rings. The van der Waals surface area contributed by atoms with E-state index < -0.39 is 60.6 Å². The van der Waals surface area contributed by atoms with E-state index in [0.717, 1.165) is 11.1 Å². The monoisotopic (exact) mass is 744 g/mol. The number of hydrogen-bond acceptors (Lipinski definition) is 9. The third-order valence-corrected chi connectivity index (χ3v) is 13.6. The lowest BCUT2D eigenvalue weighted by atomic mass is 9.82. The number of nitro groups is 1. The second-order valence-electron chi connectivity index (χ2n) is 14.9. The predicted molar refractivity (Wildman–Crippen MR) is 193 cm³/mol. The molecule has 4 aliphatic heterocycles. The van der Waals surface area contributed by atoms with Gasteiger partial charge in [0.25, 0.3) is 11.6 Å². The Morgan fingerprint density at radius 3 is 2.40 bits per heavy atom. The van der Waals surface area contributed by atoms with Crippen LogP contribution in [-0.4, -0.2) is 72.0 Å². The maximum Gasteiger partial charge on any atom is 0.304 e. The van der Waals surface area contributed by atoms with Crippen molar-refractivity contribution in [2.24, 2.45) is 5.92 Å². The Kier molecular flexibility index (Phi) is 9.23. The molecule has 0 bridgehead atoms. The van der Waals surface area contributed by atoms with Crippen molar-refractivity contribution in [2.75, 3.05) is 16.4 Å². The first-order chi connectivity index (χ1) is 25.1. The molecule has 15 heteroatoms. The Hall–Kier alpha value is -4.99. The van der Waals surface area contributed by atoms with Crippen molar-refractivity contribution >= 4 is 49.2 Å². The highest BCUT2D eigenvalue weighted by Crippen LogP contribution is 2.61. The molecule has 3 amide bonds. The number of hydrogen-bond donors (Lipinski definition) is 1. The first-order valence-corrected chi connectivity index (χ1v) is 20.6. The Morgan fingerprint density at radius 1 is 1.08 bits per heavy atom. The van der Waals surface area contributed by atoms with Crippen LogP contribution in [0.5, 0.6) is 0 Å². The molecule has 4 heterocycles. The van der Waals surface area contributed by atoms with Crippen molar-refractivity contribution in [2.45, 2.75) is 88.8 Å². The molecule has 13 nitrogen and oxygen atoms in total. The average molecular weight is 745 g/mol. The molecule has 2 saturated heterocycles. The summed E-state index contributed by atoms with van der Waals surface area (Å²) < 4.78 is 28.4. The van der Waals surface area contributed by atoms with Gasteiger partial charge >= 0.3 is 5.97 Å². The normalized spacial score (nSPS) is 26.4. The lowest BCUT2D eigenvalue weighted by Crippen LogP contribution is -2.54. The van der Waals surface area contributed by atoms with Crippen LogP contribution in [0, 0.1) is 16.0 Å². The van der Waals surface area contributed by atoms with Crippen molar-refractivity contribution in [3.05, 3.63) is 99.1 Å². The minimum absolute atomic E-state index is 0.0269. The summed E-state index contributed by atoms with van der Waals surface area (Å²) in [5.74, 6) is -2.36. The molecule has 6 atom stereocenters. The van der Waals surface area contributed by atoms with Crippen LogP contribution >= 0.6 is 0 Å². The third-order valence-electron chi connectivity index (χ3n) is 11.2. The van der Waals surface area contributed by atoms with Gasteiger partial charge < -0.3 is 28.5 Å². The number of carbonyl (C=O) groups excluding carboxylic acids is 4. The fourth-order valence-electron chi connectivity index (χ4n) is 8.77. The average Bonchev–Trinajstić information content (AvgIpc) is 3.53. The van der Waals surface area contributed by atoms with Crippen LogP contribution in [0.4, 0.5) is 21.2 Å². The second kappa shape index (κ2) is 13.5. The van der Waals surface area contributed by atoms with E-state index >= 15 is 4.11 Å². The third kappa shape index (κ3) is 6.19. The largest absolute Gasteiger partial charge is 0.441 e. The lowest BCUT2D eigenvalue weighted by Gasteiger charge is -2.39. The summed E-state index contributed by atoms with van der Waals surface area (Å²) in [7, 11) is -3.68. The number of benzene rings is 3. The Morgan fingerprint density at radius 2 is 1.77 bits per heavy atom. The van der Waals surface area contributed by atoms with Gasteiger partial charge in [-0.05, 0) is 54.4 Å². The smallest absolute Gasteiger partial charge is 0.304 e. The number of carbonyl (C=O) groups is 4. The zero-order valence-corrected chi connectivity index (χ0v) is 30.9. The molecule has 0 aliphatic carbocycles. The first kappa shape index (κ1) is 36.4. The number of aliphatic hydroxyl groups is 1. The summed E-state index contributed by atoms with van der Waals surface area (Å²) in [6, 6.07) is 18.1. The minimum atomic E-state index is -3.68. The number of fused-ring (bicyclic) bond motifs is 3. The molecule has 3 aromatic carbocycles. The molecule has 0 aromatic heterocycles. The Balaban J connectivity index is 1.21. The highest BCUT2D eigenvalue weighted by atomic mass is 28.4.